The summed E-state index contributed by atoms with van der Waals surface area (Å²) in [4.78, 5) is 7.45. The monoisotopic (exact) mass is 344 g/mol. The first-order valence-corrected chi connectivity index (χ1v) is 7.22. The average Bonchev–Trinajstić information content (AvgIpc) is 3.31. The van der Waals surface area contributed by atoms with Crippen LogP contribution in [0.25, 0.3) is 0 Å². The van der Waals surface area contributed by atoms with Gasteiger partial charge in [-0.2, -0.15) is 18.2 Å². The molecule has 4 nitrogen and oxygen atoms in total. The zero-order valence-electron chi connectivity index (χ0n) is 12.3. The molecule has 0 spiro atoms. The second-order valence-corrected chi connectivity index (χ2v) is 5.48. The van der Waals surface area contributed by atoms with Crippen LogP contribution in [0.5, 0.6) is 0 Å². The number of nitrogens with one attached hydrogen (secondary N) is 2. The zero-order valence-corrected chi connectivity index (χ0v) is 12.3. The van der Waals surface area contributed by atoms with Gasteiger partial charge in [0, 0.05) is 18.7 Å². The van der Waals surface area contributed by atoms with Crippen LogP contribution in [0.4, 0.5) is 33.7 Å². The van der Waals surface area contributed by atoms with Crippen molar-refractivity contribution in [3.8, 4) is 0 Å². The topological polar surface area (TPSA) is 49.8 Å². The van der Waals surface area contributed by atoms with Crippen molar-refractivity contribution in [1.29, 1.82) is 0 Å². The van der Waals surface area contributed by atoms with Crippen LogP contribution in [0, 0.1) is 11.6 Å². The number of aromatic nitrogens is 2. The van der Waals surface area contributed by atoms with Crippen LogP contribution < -0.4 is 10.6 Å². The molecule has 24 heavy (non-hydrogen) atoms. The largest absolute Gasteiger partial charge is 0.433 e. The van der Waals surface area contributed by atoms with Crippen LogP contribution in [0.3, 0.4) is 0 Å². The fourth-order valence-corrected chi connectivity index (χ4v) is 2.00. The molecule has 1 aliphatic rings. The summed E-state index contributed by atoms with van der Waals surface area (Å²) in [6.07, 6.45) is -2.89. The molecular formula is C15H13F5N4. The Hall–Kier alpha value is -2.45. The van der Waals surface area contributed by atoms with Crippen molar-refractivity contribution in [3.05, 3.63) is 47.2 Å². The number of anilines is 2. The molecule has 0 radical (unpaired) electrons. The highest BCUT2D eigenvalue weighted by Gasteiger charge is 2.34. The van der Waals surface area contributed by atoms with Crippen LogP contribution in [0.2, 0.25) is 0 Å². The molecule has 1 aromatic carbocycles. The van der Waals surface area contributed by atoms with Crippen molar-refractivity contribution in [1.82, 2.24) is 9.97 Å². The molecule has 0 amide bonds. The number of rotatable bonds is 5. The van der Waals surface area contributed by atoms with E-state index in [0.29, 0.717) is 5.56 Å². The molecule has 0 aliphatic heterocycles. The van der Waals surface area contributed by atoms with Crippen molar-refractivity contribution >= 4 is 11.8 Å². The molecule has 128 valence electrons. The van der Waals surface area contributed by atoms with Crippen molar-refractivity contribution in [3.63, 3.8) is 0 Å². The van der Waals surface area contributed by atoms with E-state index in [1.54, 1.807) is 0 Å². The van der Waals surface area contributed by atoms with E-state index in [9.17, 15) is 22.0 Å². The molecule has 3 rings (SSSR count). The maximum absolute atomic E-state index is 13.2. The van der Waals surface area contributed by atoms with Gasteiger partial charge in [-0.05, 0) is 30.5 Å². The Morgan fingerprint density at radius 2 is 1.79 bits per heavy atom. The lowest BCUT2D eigenvalue weighted by atomic mass is 10.2. The highest BCUT2D eigenvalue weighted by atomic mass is 19.4. The molecule has 1 fully saturated rings. The zero-order chi connectivity index (χ0) is 17.3. The lowest BCUT2D eigenvalue weighted by molar-refractivity contribution is -0.141. The summed E-state index contributed by atoms with van der Waals surface area (Å²) in [5.74, 6) is -2.18. The Kier molecular flexibility index (Phi) is 4.25. The van der Waals surface area contributed by atoms with Gasteiger partial charge in [0.2, 0.25) is 5.95 Å². The van der Waals surface area contributed by atoms with Gasteiger partial charge in [0.1, 0.15) is 5.82 Å². The van der Waals surface area contributed by atoms with Gasteiger partial charge in [0.25, 0.3) is 0 Å². The molecule has 2 N–H and O–H groups in total. The van der Waals surface area contributed by atoms with Crippen LogP contribution in [-0.2, 0) is 12.7 Å². The summed E-state index contributed by atoms with van der Waals surface area (Å²) in [6, 6.07) is 4.12. The minimum atomic E-state index is -4.61. The van der Waals surface area contributed by atoms with Gasteiger partial charge in [0.15, 0.2) is 17.3 Å². The number of hydrogen-bond donors (Lipinski definition) is 2. The molecule has 2 aromatic rings. The van der Waals surface area contributed by atoms with Crippen LogP contribution in [0.1, 0.15) is 24.1 Å². The summed E-state index contributed by atoms with van der Waals surface area (Å²) >= 11 is 0. The van der Waals surface area contributed by atoms with Crippen LogP contribution in [-0.4, -0.2) is 16.0 Å². The maximum atomic E-state index is 13.2. The first kappa shape index (κ1) is 16.4. The maximum Gasteiger partial charge on any atom is 0.433 e. The number of alkyl halides is 3. The van der Waals surface area contributed by atoms with E-state index in [4.69, 9.17) is 0 Å². The fraction of sp³-hybridized carbons (Fsp3) is 0.333. The van der Waals surface area contributed by atoms with Gasteiger partial charge in [-0.1, -0.05) is 6.07 Å². The van der Waals surface area contributed by atoms with Gasteiger partial charge in [-0.15, -0.1) is 0 Å². The lowest BCUT2D eigenvalue weighted by Crippen LogP contribution is -2.15. The smallest absolute Gasteiger partial charge is 0.366 e. The molecule has 1 saturated carbocycles. The van der Waals surface area contributed by atoms with Crippen molar-refractivity contribution in [2.75, 3.05) is 10.6 Å². The summed E-state index contributed by atoms with van der Waals surface area (Å²) in [5.41, 5.74) is -0.703. The lowest BCUT2D eigenvalue weighted by Gasteiger charge is -2.12. The Balaban J connectivity index is 1.78. The van der Waals surface area contributed by atoms with Gasteiger partial charge in [0.05, 0.1) is 0 Å². The van der Waals surface area contributed by atoms with E-state index in [1.807, 2.05) is 0 Å². The number of benzene rings is 1. The molecular weight excluding hydrogens is 331 g/mol. The first-order valence-electron chi connectivity index (χ1n) is 7.22. The normalized spacial score (nSPS) is 14.5. The van der Waals surface area contributed by atoms with Gasteiger partial charge in [-0.3, -0.25) is 0 Å². The average molecular weight is 344 g/mol. The van der Waals surface area contributed by atoms with E-state index in [-0.39, 0.29) is 24.4 Å². The third kappa shape index (κ3) is 4.09. The highest BCUT2D eigenvalue weighted by molar-refractivity contribution is 5.44. The van der Waals surface area contributed by atoms with Crippen molar-refractivity contribution < 1.29 is 22.0 Å². The summed E-state index contributed by atoms with van der Waals surface area (Å²) in [5, 5.41) is 5.49. The summed E-state index contributed by atoms with van der Waals surface area (Å²) in [6.45, 7) is -0.00558. The van der Waals surface area contributed by atoms with Crippen molar-refractivity contribution in [2.45, 2.75) is 31.6 Å². The van der Waals surface area contributed by atoms with Crippen LogP contribution >= 0.6 is 0 Å². The Labute approximate surface area is 134 Å². The predicted molar refractivity (Wildman–Crippen MR) is 77.4 cm³/mol. The minimum Gasteiger partial charge on any atom is -0.366 e. The molecule has 1 aliphatic carbocycles. The predicted octanol–water partition coefficient (Wildman–Crippen LogP) is 3.96. The molecule has 0 bridgehead atoms. The highest BCUT2D eigenvalue weighted by Crippen LogP contribution is 2.31. The Morgan fingerprint density at radius 1 is 1.04 bits per heavy atom. The van der Waals surface area contributed by atoms with E-state index in [0.717, 1.165) is 31.0 Å². The van der Waals surface area contributed by atoms with Gasteiger partial charge < -0.3 is 10.6 Å². The second kappa shape index (κ2) is 6.21. The van der Waals surface area contributed by atoms with Gasteiger partial charge >= 0.3 is 6.18 Å². The van der Waals surface area contributed by atoms with Gasteiger partial charge in [-0.25, -0.2) is 13.8 Å². The first-order chi connectivity index (χ1) is 11.3. The van der Waals surface area contributed by atoms with Crippen LogP contribution in [0.15, 0.2) is 24.3 Å². The molecule has 1 aromatic heterocycles. The molecule has 1 heterocycles. The second-order valence-electron chi connectivity index (χ2n) is 5.48. The van der Waals surface area contributed by atoms with E-state index < -0.39 is 23.5 Å². The third-order valence-electron chi connectivity index (χ3n) is 3.38. The molecule has 0 atom stereocenters. The van der Waals surface area contributed by atoms with E-state index in [1.165, 1.54) is 6.07 Å². The van der Waals surface area contributed by atoms with E-state index in [2.05, 4.69) is 20.6 Å². The number of halogens is 5. The SMILES string of the molecule is Fc1ccc(CNc2cc(C(F)(F)F)nc(NC3CC3)n2)cc1F. The standard InChI is InChI=1S/C15H13F5N4/c16-10-4-1-8(5-11(10)17)7-21-13-6-12(15(18,19)20)23-14(24-13)22-9-2-3-9/h1,4-6,9H,2-3,7H2,(H2,21,22,23,24). The van der Waals surface area contributed by atoms with E-state index >= 15 is 0 Å². The Morgan fingerprint density at radius 3 is 2.42 bits per heavy atom. The Bertz CT molecular complexity index is 743. The fourth-order valence-electron chi connectivity index (χ4n) is 2.00. The quantitative estimate of drug-likeness (QED) is 0.806. The summed E-state index contributed by atoms with van der Waals surface area (Å²) in [7, 11) is 0. The molecule has 0 saturated heterocycles. The molecule has 0 unspecified atom stereocenters. The number of hydrogen-bond acceptors (Lipinski definition) is 4. The minimum absolute atomic E-state index is 0.00558. The number of nitrogens with zero attached hydrogens (tertiary/aromatic N) is 2. The molecule has 9 heteroatoms. The third-order valence-corrected chi connectivity index (χ3v) is 3.38. The summed E-state index contributed by atoms with van der Waals surface area (Å²) < 4.78 is 64.8. The van der Waals surface area contributed by atoms with Crippen molar-refractivity contribution in [2.24, 2.45) is 0 Å².